The van der Waals surface area contributed by atoms with E-state index in [0.29, 0.717) is 11.3 Å². The van der Waals surface area contributed by atoms with Gasteiger partial charge < -0.3 is 14.6 Å². The molecule has 1 N–H and O–H groups in total. The van der Waals surface area contributed by atoms with Crippen molar-refractivity contribution in [1.29, 1.82) is 0 Å². The summed E-state index contributed by atoms with van der Waals surface area (Å²) in [4.78, 5) is 15.8. The van der Waals surface area contributed by atoms with Gasteiger partial charge in [-0.1, -0.05) is 12.1 Å². The van der Waals surface area contributed by atoms with Crippen LogP contribution in [0.25, 0.3) is 0 Å². The van der Waals surface area contributed by atoms with Gasteiger partial charge in [0.2, 0.25) is 0 Å². The predicted molar refractivity (Wildman–Crippen MR) is 72.6 cm³/mol. The SMILES string of the molecule is COC(=O)C(COc1cccnc1)c1cccc(O)c1. The molecule has 0 radical (unpaired) electrons. The number of hydrogen-bond acceptors (Lipinski definition) is 5. The molecule has 104 valence electrons. The highest BCUT2D eigenvalue weighted by molar-refractivity contribution is 5.78. The van der Waals surface area contributed by atoms with Crippen LogP contribution in [0.3, 0.4) is 0 Å². The minimum Gasteiger partial charge on any atom is -0.508 e. The van der Waals surface area contributed by atoms with E-state index in [2.05, 4.69) is 4.98 Å². The molecule has 1 heterocycles. The number of phenolic OH excluding ortho intramolecular Hbond substituents is 1. The van der Waals surface area contributed by atoms with E-state index in [9.17, 15) is 9.90 Å². The molecule has 0 saturated carbocycles. The van der Waals surface area contributed by atoms with E-state index in [-0.39, 0.29) is 12.4 Å². The lowest BCUT2D eigenvalue weighted by atomic mass is 10.00. The van der Waals surface area contributed by atoms with Crippen LogP contribution in [0.1, 0.15) is 11.5 Å². The van der Waals surface area contributed by atoms with Crippen LogP contribution in [0.15, 0.2) is 48.8 Å². The Morgan fingerprint density at radius 1 is 1.35 bits per heavy atom. The number of esters is 1. The molecule has 0 spiro atoms. The summed E-state index contributed by atoms with van der Waals surface area (Å²) >= 11 is 0. The number of carbonyl (C=O) groups excluding carboxylic acids is 1. The highest BCUT2D eigenvalue weighted by atomic mass is 16.5. The van der Waals surface area contributed by atoms with E-state index in [1.54, 1.807) is 42.7 Å². The Morgan fingerprint density at radius 3 is 2.85 bits per heavy atom. The van der Waals surface area contributed by atoms with Crippen molar-refractivity contribution in [3.8, 4) is 11.5 Å². The Kier molecular flexibility index (Phi) is 4.55. The molecule has 0 aliphatic carbocycles. The normalized spacial score (nSPS) is 11.7. The molecule has 5 heteroatoms. The van der Waals surface area contributed by atoms with Gasteiger partial charge in [-0.3, -0.25) is 9.78 Å². The van der Waals surface area contributed by atoms with Gasteiger partial charge in [0.05, 0.1) is 13.3 Å². The molecule has 1 aromatic heterocycles. The predicted octanol–water partition coefficient (Wildman–Crippen LogP) is 2.12. The van der Waals surface area contributed by atoms with Gasteiger partial charge in [0.25, 0.3) is 0 Å². The fourth-order valence-electron chi connectivity index (χ4n) is 1.80. The third kappa shape index (κ3) is 3.47. The lowest BCUT2D eigenvalue weighted by Gasteiger charge is -2.16. The fourth-order valence-corrected chi connectivity index (χ4v) is 1.80. The molecule has 0 aliphatic heterocycles. The summed E-state index contributed by atoms with van der Waals surface area (Å²) in [5.41, 5.74) is 0.640. The molecule has 0 fully saturated rings. The topological polar surface area (TPSA) is 68.7 Å². The third-order valence-corrected chi connectivity index (χ3v) is 2.81. The molecule has 1 aromatic carbocycles. The van der Waals surface area contributed by atoms with E-state index in [1.807, 2.05) is 0 Å². The van der Waals surface area contributed by atoms with Crippen LogP contribution >= 0.6 is 0 Å². The van der Waals surface area contributed by atoms with Crippen molar-refractivity contribution in [1.82, 2.24) is 4.98 Å². The zero-order chi connectivity index (χ0) is 14.4. The van der Waals surface area contributed by atoms with Crippen LogP contribution in [0.5, 0.6) is 11.5 Å². The number of aromatic nitrogens is 1. The van der Waals surface area contributed by atoms with Crippen molar-refractivity contribution in [3.63, 3.8) is 0 Å². The van der Waals surface area contributed by atoms with Gasteiger partial charge in [-0.05, 0) is 29.8 Å². The van der Waals surface area contributed by atoms with Crippen LogP contribution in [0, 0.1) is 0 Å². The van der Waals surface area contributed by atoms with Crippen molar-refractivity contribution in [2.24, 2.45) is 0 Å². The molecule has 0 aliphatic rings. The molecule has 2 rings (SSSR count). The minimum absolute atomic E-state index is 0.0952. The standard InChI is InChI=1S/C15H15NO4/c1-19-15(18)14(11-4-2-5-12(17)8-11)10-20-13-6-3-7-16-9-13/h2-9,14,17H,10H2,1H3. The van der Waals surface area contributed by atoms with Crippen molar-refractivity contribution in [2.45, 2.75) is 5.92 Å². The molecular weight excluding hydrogens is 258 g/mol. The number of phenols is 1. The van der Waals surface area contributed by atoms with Crippen molar-refractivity contribution < 1.29 is 19.4 Å². The molecule has 0 saturated heterocycles. The third-order valence-electron chi connectivity index (χ3n) is 2.81. The number of hydrogen-bond donors (Lipinski definition) is 1. The quantitative estimate of drug-likeness (QED) is 0.845. The maximum Gasteiger partial charge on any atom is 0.316 e. The van der Waals surface area contributed by atoms with Crippen LogP contribution < -0.4 is 4.74 Å². The molecule has 20 heavy (non-hydrogen) atoms. The maximum atomic E-state index is 11.8. The van der Waals surface area contributed by atoms with Gasteiger partial charge in [0, 0.05) is 6.20 Å². The summed E-state index contributed by atoms with van der Waals surface area (Å²) in [5, 5.41) is 9.50. The minimum atomic E-state index is -0.604. The number of rotatable bonds is 5. The summed E-state index contributed by atoms with van der Waals surface area (Å²) in [5.74, 6) is -0.355. The first-order chi connectivity index (χ1) is 9.70. The molecule has 2 aromatic rings. The zero-order valence-electron chi connectivity index (χ0n) is 11.0. The van der Waals surface area contributed by atoms with Gasteiger partial charge in [-0.15, -0.1) is 0 Å². The Balaban J connectivity index is 2.14. The van der Waals surface area contributed by atoms with Crippen LogP contribution in [0.4, 0.5) is 0 Å². The first kappa shape index (κ1) is 13.9. The number of nitrogens with zero attached hydrogens (tertiary/aromatic N) is 1. The largest absolute Gasteiger partial charge is 0.508 e. The molecule has 0 amide bonds. The second-order valence-electron chi connectivity index (χ2n) is 4.17. The van der Waals surface area contributed by atoms with Crippen LogP contribution in [0.2, 0.25) is 0 Å². The first-order valence-corrected chi connectivity index (χ1v) is 6.10. The van der Waals surface area contributed by atoms with Gasteiger partial charge in [-0.25, -0.2) is 0 Å². The van der Waals surface area contributed by atoms with Gasteiger partial charge >= 0.3 is 5.97 Å². The first-order valence-electron chi connectivity index (χ1n) is 6.10. The van der Waals surface area contributed by atoms with Crippen molar-refractivity contribution >= 4 is 5.97 Å². The smallest absolute Gasteiger partial charge is 0.316 e. The summed E-state index contributed by atoms with van der Waals surface area (Å²) in [6, 6.07) is 9.98. The van der Waals surface area contributed by atoms with Gasteiger partial charge in [-0.2, -0.15) is 0 Å². The van der Waals surface area contributed by atoms with Gasteiger partial charge in [0.15, 0.2) is 0 Å². The van der Waals surface area contributed by atoms with Crippen LogP contribution in [-0.2, 0) is 9.53 Å². The van der Waals surface area contributed by atoms with E-state index in [1.165, 1.54) is 13.2 Å². The summed E-state index contributed by atoms with van der Waals surface area (Å²) in [6.07, 6.45) is 3.21. The second-order valence-corrected chi connectivity index (χ2v) is 4.17. The van der Waals surface area contributed by atoms with Gasteiger partial charge in [0.1, 0.15) is 24.0 Å². The molecular formula is C15H15NO4. The number of aromatic hydroxyl groups is 1. The Bertz CT molecular complexity index is 571. The molecule has 0 bridgehead atoms. The van der Waals surface area contributed by atoms with E-state index >= 15 is 0 Å². The summed E-state index contributed by atoms with van der Waals surface area (Å²) in [6.45, 7) is 0.113. The molecule has 5 nitrogen and oxygen atoms in total. The number of carbonyl (C=O) groups is 1. The van der Waals surface area contributed by atoms with Crippen molar-refractivity contribution in [2.75, 3.05) is 13.7 Å². The highest BCUT2D eigenvalue weighted by Gasteiger charge is 2.22. The van der Waals surface area contributed by atoms with Crippen LogP contribution in [-0.4, -0.2) is 29.8 Å². The van der Waals surface area contributed by atoms with E-state index in [0.717, 1.165) is 0 Å². The Labute approximate surface area is 116 Å². The summed E-state index contributed by atoms with van der Waals surface area (Å²) in [7, 11) is 1.32. The fraction of sp³-hybridized carbons (Fsp3) is 0.200. The van der Waals surface area contributed by atoms with E-state index in [4.69, 9.17) is 9.47 Å². The molecule has 1 atom stereocenters. The lowest BCUT2D eigenvalue weighted by Crippen LogP contribution is -2.21. The number of benzene rings is 1. The number of ether oxygens (including phenoxy) is 2. The second kappa shape index (κ2) is 6.56. The summed E-state index contributed by atoms with van der Waals surface area (Å²) < 4.78 is 10.3. The number of pyridine rings is 1. The lowest BCUT2D eigenvalue weighted by molar-refractivity contribution is -0.143. The number of methoxy groups -OCH3 is 1. The monoisotopic (exact) mass is 273 g/mol. The Morgan fingerprint density at radius 2 is 2.20 bits per heavy atom. The molecule has 1 unspecified atom stereocenters. The van der Waals surface area contributed by atoms with Crippen molar-refractivity contribution in [3.05, 3.63) is 54.4 Å². The highest BCUT2D eigenvalue weighted by Crippen LogP contribution is 2.22. The Hall–Kier alpha value is -2.56. The maximum absolute atomic E-state index is 11.8. The average molecular weight is 273 g/mol. The van der Waals surface area contributed by atoms with E-state index < -0.39 is 11.9 Å². The average Bonchev–Trinajstić information content (AvgIpc) is 2.48. The zero-order valence-corrected chi connectivity index (χ0v) is 11.0.